The van der Waals surface area contributed by atoms with E-state index in [1.807, 2.05) is 0 Å². The summed E-state index contributed by atoms with van der Waals surface area (Å²) in [5, 5.41) is 18.3. The summed E-state index contributed by atoms with van der Waals surface area (Å²) >= 11 is 0. The van der Waals surface area contributed by atoms with Gasteiger partial charge in [-0.15, -0.1) is 0 Å². The molecule has 0 bridgehead atoms. The minimum atomic E-state index is -1.10. The van der Waals surface area contributed by atoms with Crippen molar-refractivity contribution in [2.45, 2.75) is 38.5 Å². The highest BCUT2D eigenvalue weighted by Crippen LogP contribution is 2.20. The number of hydrogen-bond acceptors (Lipinski definition) is 4. The Hall–Kier alpha value is -1.14. The molecule has 1 saturated heterocycles. The minimum absolute atomic E-state index is 0.0518. The molecule has 0 unspecified atom stereocenters. The quantitative estimate of drug-likeness (QED) is 0.578. The minimum Gasteiger partial charge on any atom is -0.480 e. The summed E-state index contributed by atoms with van der Waals surface area (Å²) in [4.78, 5) is 23.9. The van der Waals surface area contributed by atoms with Gasteiger partial charge in [-0.1, -0.05) is 13.8 Å². The molecule has 1 rings (SSSR count). The van der Waals surface area contributed by atoms with Crippen LogP contribution in [0.4, 0.5) is 0 Å². The van der Waals surface area contributed by atoms with Crippen molar-refractivity contribution in [1.82, 2.24) is 4.90 Å². The van der Waals surface area contributed by atoms with Gasteiger partial charge in [-0.2, -0.15) is 0 Å². The Bertz CT molecular complexity index is 293. The van der Waals surface area contributed by atoms with E-state index in [1.165, 1.54) is 0 Å². The molecule has 6 nitrogen and oxygen atoms in total. The van der Waals surface area contributed by atoms with Crippen LogP contribution in [0.1, 0.15) is 20.3 Å². The number of aliphatic carboxylic acids is 1. The molecule has 1 aliphatic rings. The molecule has 1 aliphatic heterocycles. The average Bonchev–Trinajstić information content (AvgIpc) is 2.58. The average molecular weight is 230 g/mol. The van der Waals surface area contributed by atoms with Crippen LogP contribution >= 0.6 is 0 Å². The Labute approximate surface area is 94.0 Å². The summed E-state index contributed by atoms with van der Waals surface area (Å²) in [6, 6.07) is -1.67. The van der Waals surface area contributed by atoms with E-state index in [1.54, 1.807) is 13.8 Å². The number of likely N-dealkylation sites (tertiary alicyclic amines) is 1. The number of nitrogens with zero attached hydrogens (tertiary/aromatic N) is 1. The summed E-state index contributed by atoms with van der Waals surface area (Å²) < 4.78 is 0. The second-order valence-electron chi connectivity index (χ2n) is 4.50. The second kappa shape index (κ2) is 4.80. The van der Waals surface area contributed by atoms with E-state index in [2.05, 4.69) is 0 Å². The van der Waals surface area contributed by atoms with Gasteiger partial charge in [0.25, 0.3) is 0 Å². The van der Waals surface area contributed by atoms with Gasteiger partial charge in [-0.05, 0) is 5.92 Å². The topological polar surface area (TPSA) is 104 Å². The first-order chi connectivity index (χ1) is 7.34. The van der Waals surface area contributed by atoms with Crippen LogP contribution in [-0.2, 0) is 9.59 Å². The molecule has 1 amide bonds. The van der Waals surface area contributed by atoms with Gasteiger partial charge in [0.2, 0.25) is 5.91 Å². The number of β-amino-alcohol motifs (C(OH)–C–C–N with tert-alkyl or cyclic N) is 1. The van der Waals surface area contributed by atoms with Crippen molar-refractivity contribution in [2.24, 2.45) is 11.7 Å². The normalized spacial score (nSPS) is 27.2. The molecule has 0 aromatic carbocycles. The van der Waals surface area contributed by atoms with Gasteiger partial charge in [-0.3, -0.25) is 4.79 Å². The molecule has 6 heteroatoms. The Balaban J connectivity index is 2.78. The first kappa shape index (κ1) is 12.9. The Kier molecular flexibility index (Phi) is 3.88. The molecule has 0 spiro atoms. The summed E-state index contributed by atoms with van der Waals surface area (Å²) in [6.07, 6.45) is -0.698. The predicted octanol–water partition coefficient (Wildman–Crippen LogP) is -0.984. The van der Waals surface area contributed by atoms with E-state index in [4.69, 9.17) is 10.8 Å². The van der Waals surface area contributed by atoms with E-state index in [-0.39, 0.29) is 18.9 Å². The maximum absolute atomic E-state index is 11.9. The fourth-order valence-electron chi connectivity index (χ4n) is 1.77. The molecule has 0 saturated carbocycles. The van der Waals surface area contributed by atoms with Gasteiger partial charge in [-0.25, -0.2) is 4.79 Å². The maximum Gasteiger partial charge on any atom is 0.326 e. The number of carboxylic acids is 1. The van der Waals surface area contributed by atoms with Gasteiger partial charge in [0, 0.05) is 13.0 Å². The zero-order valence-corrected chi connectivity index (χ0v) is 9.46. The molecule has 0 aromatic heterocycles. The van der Waals surface area contributed by atoms with Crippen molar-refractivity contribution < 1.29 is 19.8 Å². The Morgan fingerprint density at radius 2 is 2.00 bits per heavy atom. The third kappa shape index (κ3) is 2.51. The zero-order valence-electron chi connectivity index (χ0n) is 9.46. The van der Waals surface area contributed by atoms with Crippen molar-refractivity contribution >= 4 is 11.9 Å². The number of carbonyl (C=O) groups excluding carboxylic acids is 1. The fraction of sp³-hybridized carbons (Fsp3) is 0.800. The summed E-state index contributed by atoms with van der Waals surface area (Å²) in [7, 11) is 0. The van der Waals surface area contributed by atoms with Gasteiger partial charge in [0.05, 0.1) is 12.1 Å². The van der Waals surface area contributed by atoms with Crippen molar-refractivity contribution in [1.29, 1.82) is 0 Å². The number of nitrogens with two attached hydrogens (primary N) is 1. The molecular weight excluding hydrogens is 212 g/mol. The number of carbonyl (C=O) groups is 2. The Morgan fingerprint density at radius 1 is 1.44 bits per heavy atom. The zero-order chi connectivity index (χ0) is 12.5. The van der Waals surface area contributed by atoms with Gasteiger partial charge in [0.15, 0.2) is 0 Å². The highest BCUT2D eigenvalue weighted by Gasteiger charge is 2.40. The SMILES string of the molecule is CC(C)[C@@H](N)C(=O)N1C[C@@H](O)C[C@H]1C(=O)O. The van der Waals surface area contributed by atoms with Crippen molar-refractivity contribution in [2.75, 3.05) is 6.54 Å². The van der Waals surface area contributed by atoms with Crippen molar-refractivity contribution in [3.63, 3.8) is 0 Å². The summed E-state index contributed by atoms with van der Waals surface area (Å²) in [5.74, 6) is -1.56. The number of hydrogen-bond donors (Lipinski definition) is 3. The monoisotopic (exact) mass is 230 g/mol. The molecule has 16 heavy (non-hydrogen) atoms. The lowest BCUT2D eigenvalue weighted by atomic mass is 10.0. The number of rotatable bonds is 3. The molecule has 3 atom stereocenters. The summed E-state index contributed by atoms with van der Waals surface area (Å²) in [5.41, 5.74) is 5.68. The van der Waals surface area contributed by atoms with Crippen LogP contribution in [0.15, 0.2) is 0 Å². The van der Waals surface area contributed by atoms with E-state index >= 15 is 0 Å². The van der Waals surface area contributed by atoms with E-state index in [0.29, 0.717) is 0 Å². The van der Waals surface area contributed by atoms with Crippen LogP contribution in [-0.4, -0.2) is 51.7 Å². The van der Waals surface area contributed by atoms with Crippen LogP contribution < -0.4 is 5.73 Å². The van der Waals surface area contributed by atoms with Crippen molar-refractivity contribution in [3.05, 3.63) is 0 Å². The van der Waals surface area contributed by atoms with Gasteiger partial charge >= 0.3 is 5.97 Å². The fourth-order valence-corrected chi connectivity index (χ4v) is 1.77. The molecule has 1 fully saturated rings. The van der Waals surface area contributed by atoms with E-state index < -0.39 is 30.1 Å². The van der Waals surface area contributed by atoms with E-state index in [9.17, 15) is 14.7 Å². The third-order valence-corrected chi connectivity index (χ3v) is 2.85. The molecule has 1 heterocycles. The number of carboxylic acid groups (broad SMARTS) is 1. The number of aliphatic hydroxyl groups is 1. The van der Waals surface area contributed by atoms with Gasteiger partial charge in [0.1, 0.15) is 6.04 Å². The highest BCUT2D eigenvalue weighted by molar-refractivity contribution is 5.87. The van der Waals surface area contributed by atoms with Crippen molar-refractivity contribution in [3.8, 4) is 0 Å². The van der Waals surface area contributed by atoms with Crippen LogP contribution in [0, 0.1) is 5.92 Å². The van der Waals surface area contributed by atoms with Crippen LogP contribution in [0.5, 0.6) is 0 Å². The standard InChI is InChI=1S/C10H18N2O4/c1-5(2)8(11)9(14)12-4-6(13)3-7(12)10(15)16/h5-8,13H,3-4,11H2,1-2H3,(H,15,16)/t6-,7-,8+/m0/s1. The lowest BCUT2D eigenvalue weighted by molar-refractivity contribution is -0.149. The van der Waals surface area contributed by atoms with Gasteiger partial charge < -0.3 is 20.8 Å². The first-order valence-electron chi connectivity index (χ1n) is 5.31. The second-order valence-corrected chi connectivity index (χ2v) is 4.50. The highest BCUT2D eigenvalue weighted by atomic mass is 16.4. The molecule has 0 aliphatic carbocycles. The molecule has 4 N–H and O–H groups in total. The van der Waals surface area contributed by atoms with E-state index in [0.717, 1.165) is 4.90 Å². The lowest BCUT2D eigenvalue weighted by Gasteiger charge is -2.26. The molecule has 92 valence electrons. The van der Waals surface area contributed by atoms with Crippen LogP contribution in [0.25, 0.3) is 0 Å². The largest absolute Gasteiger partial charge is 0.480 e. The number of amides is 1. The smallest absolute Gasteiger partial charge is 0.326 e. The molecule has 0 aromatic rings. The molecule has 0 radical (unpaired) electrons. The van der Waals surface area contributed by atoms with Crippen LogP contribution in [0.2, 0.25) is 0 Å². The maximum atomic E-state index is 11.9. The number of aliphatic hydroxyl groups excluding tert-OH is 1. The summed E-state index contributed by atoms with van der Waals surface area (Å²) in [6.45, 7) is 3.64. The first-order valence-corrected chi connectivity index (χ1v) is 5.31. The van der Waals surface area contributed by atoms with Crippen LogP contribution in [0.3, 0.4) is 0 Å². The lowest BCUT2D eigenvalue weighted by Crippen LogP contribution is -2.50. The third-order valence-electron chi connectivity index (χ3n) is 2.85. The molecular formula is C10H18N2O4. The Morgan fingerprint density at radius 3 is 2.44 bits per heavy atom. The predicted molar refractivity (Wildman–Crippen MR) is 56.6 cm³/mol.